The van der Waals surface area contributed by atoms with Crippen LogP contribution in [0.2, 0.25) is 0 Å². The molecule has 0 aliphatic rings. The summed E-state index contributed by atoms with van der Waals surface area (Å²) in [6.45, 7) is 2.78. The SMILES string of the molecule is CCOc1ccccc1NC(=O)c1sc(=S)n(Cc2ccco2)c1N. The molecule has 3 aromatic rings. The van der Waals surface area contributed by atoms with Gasteiger partial charge in [0.05, 0.1) is 25.1 Å². The quantitative estimate of drug-likeness (QED) is 0.632. The topological polar surface area (TPSA) is 82.4 Å². The van der Waals surface area contributed by atoms with E-state index in [1.54, 1.807) is 29.0 Å². The minimum absolute atomic E-state index is 0.317. The van der Waals surface area contributed by atoms with E-state index in [4.69, 9.17) is 27.1 Å². The first-order chi connectivity index (χ1) is 12.1. The first-order valence-electron chi connectivity index (χ1n) is 7.64. The molecule has 0 unspecified atom stereocenters. The van der Waals surface area contributed by atoms with Crippen LogP contribution in [0.25, 0.3) is 0 Å². The molecule has 25 heavy (non-hydrogen) atoms. The lowest BCUT2D eigenvalue weighted by Crippen LogP contribution is -2.14. The van der Waals surface area contributed by atoms with E-state index < -0.39 is 0 Å². The Morgan fingerprint density at radius 1 is 1.36 bits per heavy atom. The molecule has 0 atom stereocenters. The Bertz CT molecular complexity index is 929. The average Bonchev–Trinajstić information content (AvgIpc) is 3.20. The number of anilines is 2. The van der Waals surface area contributed by atoms with Crippen LogP contribution in [0.3, 0.4) is 0 Å². The van der Waals surface area contributed by atoms with E-state index >= 15 is 0 Å². The van der Waals surface area contributed by atoms with Gasteiger partial charge >= 0.3 is 0 Å². The van der Waals surface area contributed by atoms with Gasteiger partial charge in [-0.3, -0.25) is 4.79 Å². The van der Waals surface area contributed by atoms with Crippen LogP contribution in [0, 0.1) is 3.95 Å². The van der Waals surface area contributed by atoms with Gasteiger partial charge in [0.2, 0.25) is 0 Å². The van der Waals surface area contributed by atoms with E-state index in [0.717, 1.165) is 0 Å². The van der Waals surface area contributed by atoms with Crippen LogP contribution in [0.15, 0.2) is 47.1 Å². The molecule has 1 aromatic carbocycles. The highest BCUT2D eigenvalue weighted by molar-refractivity contribution is 7.73. The molecule has 0 spiro atoms. The molecule has 1 amide bonds. The first-order valence-corrected chi connectivity index (χ1v) is 8.87. The standard InChI is InChI=1S/C17H17N3O3S2/c1-2-22-13-8-4-3-7-12(13)19-16(21)14-15(18)20(17(24)25-14)10-11-6-5-9-23-11/h3-9H,2,10,18H2,1H3,(H,19,21). The number of hydrogen-bond acceptors (Lipinski definition) is 6. The largest absolute Gasteiger partial charge is 0.492 e. The molecule has 3 N–H and O–H groups in total. The molecule has 0 radical (unpaired) electrons. The van der Waals surface area contributed by atoms with E-state index in [2.05, 4.69) is 5.32 Å². The maximum atomic E-state index is 12.6. The van der Waals surface area contributed by atoms with E-state index in [-0.39, 0.29) is 5.91 Å². The van der Waals surface area contributed by atoms with Crippen LogP contribution < -0.4 is 15.8 Å². The van der Waals surface area contributed by atoms with E-state index in [9.17, 15) is 4.79 Å². The molecule has 0 aliphatic heterocycles. The van der Waals surface area contributed by atoms with Crippen molar-refractivity contribution in [3.8, 4) is 5.75 Å². The number of hydrogen-bond donors (Lipinski definition) is 2. The third-order valence-corrected chi connectivity index (χ3v) is 4.93. The number of furan rings is 1. The molecular weight excluding hydrogens is 358 g/mol. The fourth-order valence-electron chi connectivity index (χ4n) is 2.32. The van der Waals surface area contributed by atoms with Crippen molar-refractivity contribution in [2.45, 2.75) is 13.5 Å². The number of nitrogen functional groups attached to an aromatic ring is 1. The van der Waals surface area contributed by atoms with Crippen molar-refractivity contribution in [2.75, 3.05) is 17.7 Å². The molecule has 0 fully saturated rings. The van der Waals surface area contributed by atoms with Crippen LogP contribution in [0.5, 0.6) is 5.75 Å². The van der Waals surface area contributed by atoms with Gasteiger partial charge in [-0.15, -0.1) is 0 Å². The Hall–Kier alpha value is -2.58. The van der Waals surface area contributed by atoms with Gasteiger partial charge in [-0.2, -0.15) is 0 Å². The number of nitrogens with zero attached hydrogens (tertiary/aromatic N) is 1. The van der Waals surface area contributed by atoms with Gasteiger partial charge in [-0.1, -0.05) is 23.5 Å². The second-order valence-corrected chi connectivity index (χ2v) is 6.78. The molecule has 3 rings (SSSR count). The Balaban J connectivity index is 1.85. The summed E-state index contributed by atoms with van der Waals surface area (Å²) < 4.78 is 13.0. The van der Waals surface area contributed by atoms with Gasteiger partial charge < -0.3 is 24.8 Å². The second kappa shape index (κ2) is 7.54. The Morgan fingerprint density at radius 2 is 2.16 bits per heavy atom. The predicted molar refractivity (Wildman–Crippen MR) is 101 cm³/mol. The highest BCUT2D eigenvalue weighted by Gasteiger charge is 2.19. The molecule has 130 valence electrons. The summed E-state index contributed by atoms with van der Waals surface area (Å²) in [6, 6.07) is 10.9. The van der Waals surface area contributed by atoms with Crippen molar-refractivity contribution in [1.82, 2.24) is 4.57 Å². The highest BCUT2D eigenvalue weighted by atomic mass is 32.1. The summed E-state index contributed by atoms with van der Waals surface area (Å²) in [5, 5.41) is 2.84. The molecule has 6 nitrogen and oxygen atoms in total. The zero-order valence-corrected chi connectivity index (χ0v) is 15.2. The first kappa shape index (κ1) is 17.2. The zero-order valence-electron chi connectivity index (χ0n) is 13.5. The average molecular weight is 375 g/mol. The smallest absolute Gasteiger partial charge is 0.269 e. The number of aromatic nitrogens is 1. The van der Waals surface area contributed by atoms with Crippen LogP contribution in [-0.4, -0.2) is 17.1 Å². The highest BCUT2D eigenvalue weighted by Crippen LogP contribution is 2.28. The van der Waals surface area contributed by atoms with Crippen molar-refractivity contribution in [3.63, 3.8) is 0 Å². The molecule has 0 saturated heterocycles. The molecule has 0 saturated carbocycles. The molecule has 2 heterocycles. The van der Waals surface area contributed by atoms with E-state index in [1.165, 1.54) is 11.3 Å². The number of benzene rings is 1. The number of rotatable bonds is 6. The van der Waals surface area contributed by atoms with Crippen molar-refractivity contribution in [3.05, 3.63) is 57.3 Å². The van der Waals surface area contributed by atoms with Crippen molar-refractivity contribution in [2.24, 2.45) is 0 Å². The number of ether oxygens (including phenoxy) is 1. The van der Waals surface area contributed by atoms with Crippen molar-refractivity contribution in [1.29, 1.82) is 0 Å². The third-order valence-electron chi connectivity index (χ3n) is 3.47. The van der Waals surface area contributed by atoms with Gasteiger partial charge in [0.25, 0.3) is 5.91 Å². The van der Waals surface area contributed by atoms with Crippen LogP contribution >= 0.6 is 23.6 Å². The molecule has 8 heteroatoms. The maximum Gasteiger partial charge on any atom is 0.269 e. The van der Waals surface area contributed by atoms with Crippen LogP contribution in [0.1, 0.15) is 22.4 Å². The summed E-state index contributed by atoms with van der Waals surface area (Å²) in [5.74, 6) is 1.32. The maximum absolute atomic E-state index is 12.6. The summed E-state index contributed by atoms with van der Waals surface area (Å²) >= 11 is 6.51. The number of nitrogens with one attached hydrogen (secondary N) is 1. The Kier molecular flexibility index (Phi) is 5.20. The fraction of sp³-hybridized carbons (Fsp3) is 0.176. The minimum Gasteiger partial charge on any atom is -0.492 e. The lowest BCUT2D eigenvalue weighted by Gasteiger charge is -2.11. The second-order valence-electron chi connectivity index (χ2n) is 5.13. The van der Waals surface area contributed by atoms with Crippen LogP contribution in [-0.2, 0) is 6.54 Å². The Labute approximate surface area is 153 Å². The molecule has 2 aromatic heterocycles. The monoisotopic (exact) mass is 375 g/mol. The van der Waals surface area contributed by atoms with Gasteiger partial charge in [0, 0.05) is 0 Å². The van der Waals surface area contributed by atoms with E-state index in [0.29, 0.717) is 45.0 Å². The number of carbonyl (C=O) groups excluding carboxylic acids is 1. The lowest BCUT2D eigenvalue weighted by molar-refractivity contribution is 0.103. The molecular formula is C17H17N3O3S2. The number of amides is 1. The lowest BCUT2D eigenvalue weighted by atomic mass is 10.3. The number of thiazole rings is 1. The number of nitrogens with two attached hydrogens (primary N) is 1. The molecule has 0 aliphatic carbocycles. The number of para-hydroxylation sites is 2. The van der Waals surface area contributed by atoms with Crippen molar-refractivity contribution >= 4 is 41.0 Å². The van der Waals surface area contributed by atoms with Gasteiger partial charge in [0.15, 0.2) is 3.95 Å². The zero-order chi connectivity index (χ0) is 17.8. The number of carbonyl (C=O) groups is 1. The van der Waals surface area contributed by atoms with Gasteiger partial charge in [-0.05, 0) is 43.4 Å². The Morgan fingerprint density at radius 3 is 2.88 bits per heavy atom. The predicted octanol–water partition coefficient (Wildman–Crippen LogP) is 4.15. The van der Waals surface area contributed by atoms with Gasteiger partial charge in [-0.25, -0.2) is 0 Å². The van der Waals surface area contributed by atoms with Gasteiger partial charge in [0.1, 0.15) is 22.2 Å². The fourth-order valence-corrected chi connectivity index (χ4v) is 3.54. The van der Waals surface area contributed by atoms with Crippen molar-refractivity contribution < 1.29 is 13.9 Å². The summed E-state index contributed by atoms with van der Waals surface area (Å²) in [4.78, 5) is 13.0. The summed E-state index contributed by atoms with van der Waals surface area (Å²) in [6.07, 6.45) is 1.58. The summed E-state index contributed by atoms with van der Waals surface area (Å²) in [5.41, 5.74) is 6.73. The third kappa shape index (κ3) is 3.75. The molecule has 0 bridgehead atoms. The summed E-state index contributed by atoms with van der Waals surface area (Å²) in [7, 11) is 0. The van der Waals surface area contributed by atoms with E-state index in [1.807, 2.05) is 25.1 Å². The minimum atomic E-state index is -0.320. The van der Waals surface area contributed by atoms with Crippen LogP contribution in [0.4, 0.5) is 11.5 Å². The normalized spacial score (nSPS) is 10.6.